The number of hydrogen-bond donors (Lipinski definition) is 0. The van der Waals surface area contributed by atoms with Crippen molar-refractivity contribution in [2.24, 2.45) is 0 Å². The standard InChI is InChI=1S/C60H40N2OSi/c1-4-18-43(19-5-1)64(44-20-6-2-7-21-44,45-22-8-3-9-23-45)46-37-34-41(35-38-46)61-55-31-13-11-25-48(55)54-40-42(36-39-57(54)61)62-56-32-14-10-24-47(56)50-27-16-28-51(59(50)62)53-30-17-29-52-49-26-12-15-33-58(49)63-60(52)53/h1-40H. The van der Waals surface area contributed by atoms with Gasteiger partial charge in [0.25, 0.3) is 0 Å². The van der Waals surface area contributed by atoms with Gasteiger partial charge in [-0.25, -0.2) is 0 Å². The summed E-state index contributed by atoms with van der Waals surface area (Å²) in [7, 11) is -2.67. The van der Waals surface area contributed by atoms with Crippen molar-refractivity contribution in [3.05, 3.63) is 243 Å². The Morgan fingerprint density at radius 3 is 1.42 bits per heavy atom. The van der Waals surface area contributed by atoms with Gasteiger partial charge in [0.1, 0.15) is 11.2 Å². The molecule has 300 valence electrons. The highest BCUT2D eigenvalue weighted by Gasteiger charge is 2.41. The summed E-state index contributed by atoms with van der Waals surface area (Å²) in [6, 6.07) is 89.1. The van der Waals surface area contributed by atoms with Crippen LogP contribution in [0.2, 0.25) is 0 Å². The largest absolute Gasteiger partial charge is 0.455 e. The van der Waals surface area contributed by atoms with Crippen molar-refractivity contribution < 1.29 is 4.42 Å². The molecule has 13 aromatic rings. The third-order valence-corrected chi connectivity index (χ3v) is 18.3. The van der Waals surface area contributed by atoms with Gasteiger partial charge in [-0.05, 0) is 69.3 Å². The molecule has 3 nitrogen and oxygen atoms in total. The molecule has 3 heterocycles. The van der Waals surface area contributed by atoms with Gasteiger partial charge in [-0.3, -0.25) is 0 Å². The normalized spacial score (nSPS) is 12.1. The van der Waals surface area contributed by atoms with Gasteiger partial charge < -0.3 is 13.6 Å². The third-order valence-electron chi connectivity index (χ3n) is 13.5. The maximum Gasteiger partial charge on any atom is 0.179 e. The minimum Gasteiger partial charge on any atom is -0.455 e. The third kappa shape index (κ3) is 5.33. The monoisotopic (exact) mass is 832 g/mol. The fraction of sp³-hybridized carbons (Fsp3) is 0. The second kappa shape index (κ2) is 14.5. The van der Waals surface area contributed by atoms with Crippen LogP contribution in [0, 0.1) is 0 Å². The molecule has 0 spiro atoms. The Kier molecular flexibility index (Phi) is 8.23. The quantitative estimate of drug-likeness (QED) is 0.116. The van der Waals surface area contributed by atoms with E-state index in [-0.39, 0.29) is 0 Å². The Hall–Kier alpha value is -8.18. The first-order valence-electron chi connectivity index (χ1n) is 22.0. The minimum absolute atomic E-state index is 0.902. The summed E-state index contributed by atoms with van der Waals surface area (Å²) in [5, 5.41) is 12.6. The smallest absolute Gasteiger partial charge is 0.179 e. The Bertz CT molecular complexity index is 3790. The number of furan rings is 1. The Morgan fingerprint density at radius 1 is 0.297 bits per heavy atom. The van der Waals surface area contributed by atoms with E-state index in [2.05, 4.69) is 246 Å². The van der Waals surface area contributed by atoms with Crippen LogP contribution < -0.4 is 20.7 Å². The first-order valence-corrected chi connectivity index (χ1v) is 24.0. The molecule has 0 aliphatic rings. The molecule has 0 bridgehead atoms. The predicted molar refractivity (Wildman–Crippen MR) is 271 cm³/mol. The van der Waals surface area contributed by atoms with E-state index >= 15 is 0 Å². The fourth-order valence-corrected chi connectivity index (χ4v) is 15.5. The number of hydrogen-bond acceptors (Lipinski definition) is 1. The molecular weight excluding hydrogens is 793 g/mol. The summed E-state index contributed by atoms with van der Waals surface area (Å²) in [4.78, 5) is 0. The molecule has 0 radical (unpaired) electrons. The summed E-state index contributed by atoms with van der Waals surface area (Å²) >= 11 is 0. The summed E-state index contributed by atoms with van der Waals surface area (Å²) in [6.45, 7) is 0. The lowest BCUT2D eigenvalue weighted by atomic mass is 9.99. The first-order chi connectivity index (χ1) is 31.8. The molecular formula is C60H40N2OSi. The highest BCUT2D eigenvalue weighted by molar-refractivity contribution is 7.19. The van der Waals surface area contributed by atoms with Gasteiger partial charge in [-0.15, -0.1) is 0 Å². The fourth-order valence-electron chi connectivity index (χ4n) is 10.8. The van der Waals surface area contributed by atoms with Gasteiger partial charge in [0.05, 0.1) is 22.1 Å². The van der Waals surface area contributed by atoms with E-state index in [4.69, 9.17) is 4.42 Å². The summed E-state index contributed by atoms with van der Waals surface area (Å²) in [5.74, 6) is 0. The van der Waals surface area contributed by atoms with Crippen LogP contribution in [0.1, 0.15) is 0 Å². The average Bonchev–Trinajstić information content (AvgIpc) is 4.03. The van der Waals surface area contributed by atoms with Crippen LogP contribution in [0.5, 0.6) is 0 Å². The van der Waals surface area contributed by atoms with Crippen LogP contribution in [0.25, 0.3) is 88.1 Å². The molecule has 3 aromatic heterocycles. The summed E-state index contributed by atoms with van der Waals surface area (Å²) in [5.41, 5.74) is 11.0. The molecule has 64 heavy (non-hydrogen) atoms. The lowest BCUT2D eigenvalue weighted by molar-refractivity contribution is 0.670. The highest BCUT2D eigenvalue weighted by atomic mass is 28.3. The van der Waals surface area contributed by atoms with Crippen molar-refractivity contribution in [3.8, 4) is 22.5 Å². The number of nitrogens with zero attached hydrogens (tertiary/aromatic N) is 2. The van der Waals surface area contributed by atoms with Crippen LogP contribution in [0.4, 0.5) is 0 Å². The zero-order valence-electron chi connectivity index (χ0n) is 34.9. The van der Waals surface area contributed by atoms with Crippen LogP contribution in [0.3, 0.4) is 0 Å². The molecule has 0 saturated heterocycles. The van der Waals surface area contributed by atoms with Crippen LogP contribution >= 0.6 is 0 Å². The molecule has 0 aliphatic carbocycles. The Labute approximate surface area is 371 Å². The number of para-hydroxylation sites is 5. The molecule has 0 fully saturated rings. The minimum atomic E-state index is -2.67. The van der Waals surface area contributed by atoms with Gasteiger partial charge in [0.15, 0.2) is 8.07 Å². The zero-order valence-corrected chi connectivity index (χ0v) is 35.9. The predicted octanol–water partition coefficient (Wildman–Crippen LogP) is 12.8. The molecule has 0 amide bonds. The van der Waals surface area contributed by atoms with Crippen molar-refractivity contribution in [1.29, 1.82) is 0 Å². The van der Waals surface area contributed by atoms with Gasteiger partial charge in [-0.2, -0.15) is 0 Å². The van der Waals surface area contributed by atoms with Gasteiger partial charge in [0, 0.05) is 54.8 Å². The summed E-state index contributed by atoms with van der Waals surface area (Å²) in [6.07, 6.45) is 0. The van der Waals surface area contributed by atoms with Crippen molar-refractivity contribution in [2.75, 3.05) is 0 Å². The molecule has 0 saturated carbocycles. The second-order valence-electron chi connectivity index (χ2n) is 16.8. The SMILES string of the molecule is c1ccc([Si](c2ccccc2)(c2ccccc2)c2ccc(-n3c4ccccc4c4cc(-n5c6ccccc6c6cccc(-c7cccc8c7oc7ccccc78)c65)ccc43)cc2)cc1. The van der Waals surface area contributed by atoms with Crippen LogP contribution in [-0.4, -0.2) is 17.2 Å². The maximum absolute atomic E-state index is 6.64. The van der Waals surface area contributed by atoms with Gasteiger partial charge in [0.2, 0.25) is 0 Å². The first kappa shape index (κ1) is 36.5. The molecule has 0 atom stereocenters. The van der Waals surface area contributed by atoms with Crippen molar-refractivity contribution in [3.63, 3.8) is 0 Å². The maximum atomic E-state index is 6.64. The number of fused-ring (bicyclic) bond motifs is 9. The zero-order chi connectivity index (χ0) is 42.2. The molecule has 0 N–H and O–H groups in total. The molecule has 4 heteroatoms. The summed E-state index contributed by atoms with van der Waals surface area (Å²) < 4.78 is 11.5. The lowest BCUT2D eigenvalue weighted by Crippen LogP contribution is -2.74. The Balaban J connectivity index is 1.01. The van der Waals surface area contributed by atoms with Crippen molar-refractivity contribution >= 4 is 94.4 Å². The second-order valence-corrected chi connectivity index (χ2v) is 20.6. The van der Waals surface area contributed by atoms with E-state index in [9.17, 15) is 0 Å². The Morgan fingerprint density at radius 2 is 0.766 bits per heavy atom. The molecule has 13 rings (SSSR count). The van der Waals surface area contributed by atoms with E-state index in [1.54, 1.807) is 0 Å². The van der Waals surface area contributed by atoms with Crippen LogP contribution in [-0.2, 0) is 0 Å². The van der Waals surface area contributed by atoms with E-state index in [1.165, 1.54) is 64.4 Å². The van der Waals surface area contributed by atoms with Gasteiger partial charge >= 0.3 is 0 Å². The number of rotatable bonds is 7. The van der Waals surface area contributed by atoms with E-state index in [1.807, 2.05) is 6.07 Å². The van der Waals surface area contributed by atoms with Crippen molar-refractivity contribution in [1.82, 2.24) is 9.13 Å². The topological polar surface area (TPSA) is 23.0 Å². The molecule has 0 aliphatic heterocycles. The molecule has 10 aromatic carbocycles. The van der Waals surface area contributed by atoms with Crippen LogP contribution in [0.15, 0.2) is 247 Å². The van der Waals surface area contributed by atoms with Crippen molar-refractivity contribution in [2.45, 2.75) is 0 Å². The van der Waals surface area contributed by atoms with E-state index in [0.29, 0.717) is 0 Å². The average molecular weight is 833 g/mol. The van der Waals surface area contributed by atoms with Gasteiger partial charge in [-0.1, -0.05) is 194 Å². The van der Waals surface area contributed by atoms with E-state index < -0.39 is 8.07 Å². The molecule has 0 unspecified atom stereocenters. The number of aromatic nitrogens is 2. The lowest BCUT2D eigenvalue weighted by Gasteiger charge is -2.34. The highest BCUT2D eigenvalue weighted by Crippen LogP contribution is 2.43. The number of benzene rings is 10. The van der Waals surface area contributed by atoms with E-state index in [0.717, 1.165) is 44.4 Å².